The van der Waals surface area contributed by atoms with Gasteiger partial charge in [-0.25, -0.2) is 14.6 Å². The molecule has 0 spiro atoms. The van der Waals surface area contributed by atoms with Crippen molar-refractivity contribution in [3.05, 3.63) is 66.4 Å². The van der Waals surface area contributed by atoms with Crippen molar-refractivity contribution in [1.82, 2.24) is 19.7 Å². The van der Waals surface area contributed by atoms with Crippen LogP contribution in [0.3, 0.4) is 0 Å². The zero-order valence-electron chi connectivity index (χ0n) is 14.6. The molecule has 0 radical (unpaired) electrons. The van der Waals surface area contributed by atoms with E-state index >= 15 is 0 Å². The Kier molecular flexibility index (Phi) is 4.34. The third-order valence-electron chi connectivity index (χ3n) is 3.78. The second-order valence-corrected chi connectivity index (χ2v) is 6.97. The second kappa shape index (κ2) is 6.43. The van der Waals surface area contributed by atoms with Crippen molar-refractivity contribution < 1.29 is 0 Å². The fourth-order valence-electron chi connectivity index (χ4n) is 2.44. The molecule has 0 atom stereocenters. The maximum Gasteiger partial charge on any atom is 0.135 e. The molecule has 5 heteroatoms. The van der Waals surface area contributed by atoms with E-state index in [0.29, 0.717) is 0 Å². The van der Waals surface area contributed by atoms with Crippen LogP contribution in [-0.2, 0) is 12.0 Å². The van der Waals surface area contributed by atoms with E-state index in [-0.39, 0.29) is 5.41 Å². The minimum absolute atomic E-state index is 0.0605. The average molecular weight is 321 g/mol. The minimum Gasteiger partial charge on any atom is -0.355 e. The number of hydrogen-bond donors (Lipinski definition) is 0. The van der Waals surface area contributed by atoms with Gasteiger partial charge in [-0.2, -0.15) is 5.10 Å². The van der Waals surface area contributed by atoms with Gasteiger partial charge in [0.1, 0.15) is 11.6 Å². The van der Waals surface area contributed by atoms with Crippen molar-refractivity contribution in [2.45, 2.75) is 32.7 Å². The highest BCUT2D eigenvalue weighted by atomic mass is 15.3. The number of nitrogens with zero attached hydrogens (tertiary/aromatic N) is 5. The quantitative estimate of drug-likeness (QED) is 0.736. The lowest BCUT2D eigenvalue weighted by atomic mass is 9.96. The van der Waals surface area contributed by atoms with Gasteiger partial charge in [-0.1, -0.05) is 39.0 Å². The van der Waals surface area contributed by atoms with E-state index in [1.165, 1.54) is 0 Å². The number of aromatic nitrogens is 4. The van der Waals surface area contributed by atoms with E-state index in [1.54, 1.807) is 0 Å². The summed E-state index contributed by atoms with van der Waals surface area (Å²) in [6.45, 7) is 7.11. The molecular formula is C19H23N5. The van der Waals surface area contributed by atoms with Crippen LogP contribution in [0.1, 0.15) is 32.2 Å². The fraction of sp³-hybridized carbons (Fsp3) is 0.316. The molecule has 0 aliphatic heterocycles. The lowest BCUT2D eigenvalue weighted by Crippen LogP contribution is -2.21. The van der Waals surface area contributed by atoms with Crippen molar-refractivity contribution in [2.24, 2.45) is 0 Å². The van der Waals surface area contributed by atoms with Crippen LogP contribution < -0.4 is 4.90 Å². The van der Waals surface area contributed by atoms with E-state index in [4.69, 9.17) is 4.98 Å². The molecular weight excluding hydrogens is 298 g/mol. The predicted octanol–water partition coefficient (Wildman–Crippen LogP) is 3.60. The molecule has 124 valence electrons. The minimum atomic E-state index is -0.0605. The number of rotatable bonds is 4. The summed E-state index contributed by atoms with van der Waals surface area (Å²) in [6.07, 6.45) is 5.78. The van der Waals surface area contributed by atoms with Gasteiger partial charge in [0.05, 0.1) is 11.9 Å². The lowest BCUT2D eigenvalue weighted by molar-refractivity contribution is 0.544. The SMILES string of the molecule is CN(Cc1cnn(-c2ccccc2)c1)c1ccnc(C(C)(C)C)n1. The molecule has 24 heavy (non-hydrogen) atoms. The first-order chi connectivity index (χ1) is 11.4. The largest absolute Gasteiger partial charge is 0.355 e. The topological polar surface area (TPSA) is 46.8 Å². The van der Waals surface area contributed by atoms with Crippen LogP contribution in [0.15, 0.2) is 55.0 Å². The Morgan fingerprint density at radius 1 is 1.08 bits per heavy atom. The monoisotopic (exact) mass is 321 g/mol. The molecule has 0 aliphatic carbocycles. The van der Waals surface area contributed by atoms with Gasteiger partial charge >= 0.3 is 0 Å². The molecule has 3 aromatic rings. The molecule has 0 fully saturated rings. The second-order valence-electron chi connectivity index (χ2n) is 6.97. The van der Waals surface area contributed by atoms with E-state index in [0.717, 1.165) is 29.4 Å². The van der Waals surface area contributed by atoms with Gasteiger partial charge in [-0.15, -0.1) is 0 Å². The Morgan fingerprint density at radius 2 is 1.83 bits per heavy atom. The van der Waals surface area contributed by atoms with E-state index < -0.39 is 0 Å². The number of anilines is 1. The highest BCUT2D eigenvalue weighted by molar-refractivity contribution is 5.38. The fourth-order valence-corrected chi connectivity index (χ4v) is 2.44. The molecule has 1 aromatic carbocycles. The summed E-state index contributed by atoms with van der Waals surface area (Å²) in [5.74, 6) is 1.77. The number of benzene rings is 1. The van der Waals surface area contributed by atoms with Gasteiger partial charge in [0.15, 0.2) is 0 Å². The molecule has 2 aromatic heterocycles. The summed E-state index contributed by atoms with van der Waals surface area (Å²) < 4.78 is 1.89. The van der Waals surface area contributed by atoms with E-state index in [9.17, 15) is 0 Å². The summed E-state index contributed by atoms with van der Waals surface area (Å²) in [7, 11) is 2.04. The maximum absolute atomic E-state index is 4.69. The number of para-hydroxylation sites is 1. The maximum atomic E-state index is 4.69. The van der Waals surface area contributed by atoms with Gasteiger partial charge in [0.2, 0.25) is 0 Å². The van der Waals surface area contributed by atoms with Gasteiger partial charge < -0.3 is 4.90 Å². The van der Waals surface area contributed by atoms with Crippen molar-refractivity contribution in [2.75, 3.05) is 11.9 Å². The smallest absolute Gasteiger partial charge is 0.135 e. The Bertz CT molecular complexity index is 802. The van der Waals surface area contributed by atoms with E-state index in [1.807, 2.05) is 60.5 Å². The summed E-state index contributed by atoms with van der Waals surface area (Å²) >= 11 is 0. The first kappa shape index (κ1) is 16.2. The summed E-state index contributed by atoms with van der Waals surface area (Å²) in [5, 5.41) is 4.45. The molecule has 5 nitrogen and oxygen atoms in total. The molecule has 0 unspecified atom stereocenters. The van der Waals surface area contributed by atoms with Crippen molar-refractivity contribution in [3.8, 4) is 5.69 Å². The molecule has 0 aliphatic rings. The third kappa shape index (κ3) is 3.62. The molecule has 0 bridgehead atoms. The van der Waals surface area contributed by atoms with Gasteiger partial charge in [-0.05, 0) is 18.2 Å². The standard InChI is InChI=1S/C19H23N5/c1-19(2,3)18-20-11-10-17(22-18)23(4)13-15-12-21-24(14-15)16-8-6-5-7-9-16/h5-12,14H,13H2,1-4H3. The summed E-state index contributed by atoms with van der Waals surface area (Å²) in [6, 6.07) is 12.1. The van der Waals surface area contributed by atoms with Gasteiger partial charge in [-0.3, -0.25) is 0 Å². The molecule has 3 rings (SSSR count). The molecule has 0 N–H and O–H groups in total. The van der Waals surface area contributed by atoms with Crippen molar-refractivity contribution >= 4 is 5.82 Å². The molecule has 2 heterocycles. The molecule has 0 amide bonds. The van der Waals surface area contributed by atoms with Gasteiger partial charge in [0, 0.05) is 37.0 Å². The van der Waals surface area contributed by atoms with E-state index in [2.05, 4.69) is 42.0 Å². The highest BCUT2D eigenvalue weighted by Gasteiger charge is 2.18. The predicted molar refractivity (Wildman–Crippen MR) is 96.4 cm³/mol. The normalized spacial score (nSPS) is 11.5. The van der Waals surface area contributed by atoms with Crippen LogP contribution >= 0.6 is 0 Å². The summed E-state index contributed by atoms with van der Waals surface area (Å²) in [4.78, 5) is 11.2. The number of hydrogen-bond acceptors (Lipinski definition) is 4. The van der Waals surface area contributed by atoms with Crippen LogP contribution in [0.2, 0.25) is 0 Å². The molecule has 0 saturated carbocycles. The average Bonchev–Trinajstić information content (AvgIpc) is 3.03. The van der Waals surface area contributed by atoms with Crippen LogP contribution in [0.25, 0.3) is 5.69 Å². The third-order valence-corrected chi connectivity index (χ3v) is 3.78. The Labute approximate surface area is 143 Å². The zero-order chi connectivity index (χ0) is 17.2. The van der Waals surface area contributed by atoms with Crippen LogP contribution in [0.4, 0.5) is 5.82 Å². The van der Waals surface area contributed by atoms with Crippen LogP contribution in [0, 0.1) is 0 Å². The van der Waals surface area contributed by atoms with Crippen LogP contribution in [0.5, 0.6) is 0 Å². The zero-order valence-corrected chi connectivity index (χ0v) is 14.6. The Morgan fingerprint density at radius 3 is 2.54 bits per heavy atom. The van der Waals surface area contributed by atoms with Gasteiger partial charge in [0.25, 0.3) is 0 Å². The first-order valence-electron chi connectivity index (χ1n) is 8.07. The highest BCUT2D eigenvalue weighted by Crippen LogP contribution is 2.21. The Balaban J connectivity index is 1.76. The van der Waals surface area contributed by atoms with Crippen molar-refractivity contribution in [3.63, 3.8) is 0 Å². The van der Waals surface area contributed by atoms with Crippen molar-refractivity contribution in [1.29, 1.82) is 0 Å². The molecule has 0 saturated heterocycles. The summed E-state index contributed by atoms with van der Waals surface area (Å²) in [5.41, 5.74) is 2.13. The van der Waals surface area contributed by atoms with Crippen LogP contribution in [-0.4, -0.2) is 26.8 Å². The lowest BCUT2D eigenvalue weighted by Gasteiger charge is -2.21. The Hall–Kier alpha value is -2.69. The first-order valence-corrected chi connectivity index (χ1v) is 8.07.